The molecule has 1 spiro atoms. The van der Waals surface area contributed by atoms with Gasteiger partial charge >= 0.3 is 6.18 Å². The minimum atomic E-state index is -4.47. The van der Waals surface area contributed by atoms with Crippen LogP contribution in [0.3, 0.4) is 0 Å². The van der Waals surface area contributed by atoms with Gasteiger partial charge in [0.05, 0.1) is 22.8 Å². The highest BCUT2D eigenvalue weighted by molar-refractivity contribution is 6.07. The predicted octanol–water partition coefficient (Wildman–Crippen LogP) is 3.09. The van der Waals surface area contributed by atoms with Gasteiger partial charge in [0.25, 0.3) is 0 Å². The lowest BCUT2D eigenvalue weighted by molar-refractivity contribution is -0.136. The van der Waals surface area contributed by atoms with Crippen LogP contribution in [0.2, 0.25) is 0 Å². The number of carbonyl (C=O) groups is 1. The summed E-state index contributed by atoms with van der Waals surface area (Å²) in [6.07, 6.45) is -3.79. The maximum absolute atomic E-state index is 13.0. The fourth-order valence-electron chi connectivity index (χ4n) is 3.21. The molecule has 0 aromatic heterocycles. The number of hydrogen-bond donors (Lipinski definition) is 1. The summed E-state index contributed by atoms with van der Waals surface area (Å²) < 4.78 is 44.5. The summed E-state index contributed by atoms with van der Waals surface area (Å²) in [5.41, 5.74) is -1.29. The number of para-hydroxylation sites is 1. The number of hydrogen-bond acceptors (Lipinski definition) is 2. The fraction of sp³-hybridized carbons (Fsp3) is 0.500. The molecule has 6 heteroatoms. The molecule has 3 rings (SSSR count). The van der Waals surface area contributed by atoms with E-state index >= 15 is 0 Å². The Hall–Kier alpha value is -1.56. The minimum Gasteiger partial charge on any atom is -0.378 e. The van der Waals surface area contributed by atoms with Gasteiger partial charge in [-0.25, -0.2) is 0 Å². The van der Waals surface area contributed by atoms with Crippen LogP contribution in [-0.4, -0.2) is 18.6 Å². The lowest BCUT2D eigenvalue weighted by Gasteiger charge is -2.35. The van der Waals surface area contributed by atoms with Gasteiger partial charge in [-0.1, -0.05) is 12.1 Å². The molecule has 2 aliphatic rings. The first-order valence-corrected chi connectivity index (χ1v) is 6.48. The van der Waals surface area contributed by atoms with Gasteiger partial charge in [-0.2, -0.15) is 13.2 Å². The average molecular weight is 285 g/mol. The molecule has 0 radical (unpaired) electrons. The van der Waals surface area contributed by atoms with Crippen LogP contribution in [0, 0.1) is 0 Å². The van der Waals surface area contributed by atoms with Crippen LogP contribution in [0.4, 0.5) is 18.9 Å². The van der Waals surface area contributed by atoms with E-state index in [4.69, 9.17) is 4.74 Å². The second-order valence-corrected chi connectivity index (χ2v) is 5.40. The van der Waals surface area contributed by atoms with Crippen molar-refractivity contribution in [3.63, 3.8) is 0 Å². The van der Waals surface area contributed by atoms with E-state index in [-0.39, 0.29) is 17.7 Å². The summed E-state index contributed by atoms with van der Waals surface area (Å²) in [4.78, 5) is 12.3. The normalized spacial score (nSPS) is 29.4. The van der Waals surface area contributed by atoms with E-state index in [2.05, 4.69) is 5.32 Å². The number of fused-ring (bicyclic) bond motifs is 2. The topological polar surface area (TPSA) is 38.3 Å². The molecule has 2 atom stereocenters. The molecule has 2 unspecified atom stereocenters. The number of rotatable bonds is 0. The summed E-state index contributed by atoms with van der Waals surface area (Å²) in [6, 6.07) is 3.98. The Bertz CT molecular complexity index is 570. The van der Waals surface area contributed by atoms with Gasteiger partial charge in [0, 0.05) is 6.61 Å². The van der Waals surface area contributed by atoms with E-state index in [0.29, 0.717) is 25.0 Å². The number of benzene rings is 1. The zero-order valence-electron chi connectivity index (χ0n) is 10.9. The SMILES string of the molecule is CC1CC2(CCO1)C(=O)Nc1c(C(F)(F)F)cccc12. The van der Waals surface area contributed by atoms with Crippen molar-refractivity contribution in [1.82, 2.24) is 0 Å². The molecular weight excluding hydrogens is 271 g/mol. The third-order valence-electron chi connectivity index (χ3n) is 4.13. The molecule has 1 fully saturated rings. The number of halogens is 3. The van der Waals surface area contributed by atoms with Gasteiger partial charge in [-0.05, 0) is 31.4 Å². The summed E-state index contributed by atoms with van der Waals surface area (Å²) in [5.74, 6) is -0.348. The van der Waals surface area contributed by atoms with Crippen molar-refractivity contribution in [3.05, 3.63) is 29.3 Å². The van der Waals surface area contributed by atoms with E-state index < -0.39 is 17.2 Å². The van der Waals surface area contributed by atoms with Crippen molar-refractivity contribution in [3.8, 4) is 0 Å². The smallest absolute Gasteiger partial charge is 0.378 e. The molecule has 20 heavy (non-hydrogen) atoms. The minimum absolute atomic E-state index is 0.0842. The fourth-order valence-corrected chi connectivity index (χ4v) is 3.21. The lowest BCUT2D eigenvalue weighted by Crippen LogP contribution is -2.42. The van der Waals surface area contributed by atoms with Crippen LogP contribution in [0.5, 0.6) is 0 Å². The van der Waals surface area contributed by atoms with Crippen molar-refractivity contribution in [2.24, 2.45) is 0 Å². The molecule has 1 amide bonds. The summed E-state index contributed by atoms with van der Waals surface area (Å²) in [6.45, 7) is 2.21. The van der Waals surface area contributed by atoms with Gasteiger partial charge < -0.3 is 10.1 Å². The lowest BCUT2D eigenvalue weighted by atomic mass is 9.73. The van der Waals surface area contributed by atoms with Gasteiger partial charge in [-0.3, -0.25) is 4.79 Å². The van der Waals surface area contributed by atoms with Gasteiger partial charge in [-0.15, -0.1) is 0 Å². The van der Waals surface area contributed by atoms with Gasteiger partial charge in [0.1, 0.15) is 0 Å². The van der Waals surface area contributed by atoms with Crippen molar-refractivity contribution in [2.45, 2.75) is 37.5 Å². The van der Waals surface area contributed by atoms with E-state index in [0.717, 1.165) is 6.07 Å². The largest absolute Gasteiger partial charge is 0.418 e. The van der Waals surface area contributed by atoms with Crippen LogP contribution in [-0.2, 0) is 21.1 Å². The highest BCUT2D eigenvalue weighted by Crippen LogP contribution is 2.49. The van der Waals surface area contributed by atoms with Crippen LogP contribution >= 0.6 is 0 Å². The Morgan fingerprint density at radius 3 is 2.80 bits per heavy atom. The number of alkyl halides is 3. The average Bonchev–Trinajstić information content (AvgIpc) is 2.61. The molecule has 2 heterocycles. The van der Waals surface area contributed by atoms with Crippen molar-refractivity contribution in [1.29, 1.82) is 0 Å². The first-order chi connectivity index (χ1) is 9.34. The Balaban J connectivity index is 2.14. The van der Waals surface area contributed by atoms with E-state index in [9.17, 15) is 18.0 Å². The molecule has 0 bridgehead atoms. The van der Waals surface area contributed by atoms with Crippen molar-refractivity contribution in [2.75, 3.05) is 11.9 Å². The molecule has 0 saturated carbocycles. The Kier molecular flexibility index (Phi) is 2.83. The second-order valence-electron chi connectivity index (χ2n) is 5.40. The summed E-state index contributed by atoms with van der Waals surface area (Å²) in [7, 11) is 0. The van der Waals surface area contributed by atoms with Gasteiger partial charge in [0.2, 0.25) is 5.91 Å². The van der Waals surface area contributed by atoms with Crippen LogP contribution < -0.4 is 5.32 Å². The first-order valence-electron chi connectivity index (χ1n) is 6.48. The molecule has 0 aliphatic carbocycles. The monoisotopic (exact) mass is 285 g/mol. The molecule has 1 saturated heterocycles. The Morgan fingerprint density at radius 1 is 1.40 bits per heavy atom. The standard InChI is InChI=1S/C14H14F3NO2/c1-8-7-13(5-6-20-8)9-3-2-4-10(14(15,16)17)11(9)18-12(13)19/h2-4,8H,5-7H2,1H3,(H,18,19). The number of amides is 1. The zero-order valence-corrected chi connectivity index (χ0v) is 10.9. The van der Waals surface area contributed by atoms with Crippen molar-refractivity contribution < 1.29 is 22.7 Å². The molecule has 3 nitrogen and oxygen atoms in total. The molecule has 1 aromatic carbocycles. The first kappa shape index (κ1) is 13.4. The summed E-state index contributed by atoms with van der Waals surface area (Å²) in [5, 5.41) is 2.44. The molecule has 2 aliphatic heterocycles. The highest BCUT2D eigenvalue weighted by Gasteiger charge is 2.51. The molecular formula is C14H14F3NO2. The van der Waals surface area contributed by atoms with Crippen LogP contribution in [0.25, 0.3) is 0 Å². The predicted molar refractivity (Wildman–Crippen MR) is 66.4 cm³/mol. The van der Waals surface area contributed by atoms with E-state index in [1.54, 1.807) is 6.07 Å². The van der Waals surface area contributed by atoms with Gasteiger partial charge in [0.15, 0.2) is 0 Å². The number of anilines is 1. The molecule has 1 N–H and O–H groups in total. The number of ether oxygens (including phenoxy) is 1. The summed E-state index contributed by atoms with van der Waals surface area (Å²) >= 11 is 0. The van der Waals surface area contributed by atoms with Crippen LogP contribution in [0.15, 0.2) is 18.2 Å². The quantitative estimate of drug-likeness (QED) is 0.795. The second kappa shape index (κ2) is 4.22. The van der Waals surface area contributed by atoms with E-state index in [1.165, 1.54) is 6.07 Å². The number of nitrogens with one attached hydrogen (secondary N) is 1. The zero-order chi connectivity index (χ0) is 14.5. The Morgan fingerprint density at radius 2 is 2.15 bits per heavy atom. The maximum Gasteiger partial charge on any atom is 0.418 e. The highest BCUT2D eigenvalue weighted by atomic mass is 19.4. The van der Waals surface area contributed by atoms with Crippen LogP contribution in [0.1, 0.15) is 30.9 Å². The molecule has 1 aromatic rings. The molecule has 108 valence electrons. The maximum atomic E-state index is 13.0. The Labute approximate surface area is 114 Å². The third-order valence-corrected chi connectivity index (χ3v) is 4.13. The number of carbonyl (C=O) groups excluding carboxylic acids is 1. The third kappa shape index (κ3) is 1.82. The van der Waals surface area contributed by atoms with E-state index in [1.807, 2.05) is 6.92 Å². The van der Waals surface area contributed by atoms with Crippen molar-refractivity contribution >= 4 is 11.6 Å².